The van der Waals surface area contributed by atoms with Gasteiger partial charge in [-0.15, -0.1) is 0 Å². The molecule has 0 spiro atoms. The lowest BCUT2D eigenvalue weighted by atomic mass is 10.1. The van der Waals surface area contributed by atoms with Crippen molar-refractivity contribution in [3.05, 3.63) is 34.9 Å². The molecule has 0 saturated carbocycles. The monoisotopic (exact) mass is 267 g/mol. The molecule has 1 aromatic heterocycles. The Balaban J connectivity index is 2.68. The van der Waals surface area contributed by atoms with Gasteiger partial charge in [-0.05, 0) is 19.1 Å². The summed E-state index contributed by atoms with van der Waals surface area (Å²) < 4.78 is 15.7. The number of nitrogens with zero attached hydrogens (tertiary/aromatic N) is 2. The van der Waals surface area contributed by atoms with Crippen LogP contribution in [0.1, 0.15) is 19.7 Å². The smallest absolute Gasteiger partial charge is 0.134 e. The number of halogens is 2. The molecule has 0 aliphatic rings. The minimum absolute atomic E-state index is 0.276. The van der Waals surface area contributed by atoms with Gasteiger partial charge in [0.05, 0.1) is 10.6 Å². The number of rotatable bonds is 3. The lowest BCUT2D eigenvalue weighted by molar-refractivity contribution is 0.631. The minimum Gasteiger partial charge on any atom is -0.383 e. The maximum absolute atomic E-state index is 13.9. The second-order valence-electron chi connectivity index (χ2n) is 3.96. The van der Waals surface area contributed by atoms with Crippen molar-refractivity contribution in [1.82, 2.24) is 9.55 Å². The van der Waals surface area contributed by atoms with Gasteiger partial charge >= 0.3 is 0 Å². The fraction of sp³-hybridized carbons (Fsp3) is 0.308. The molecular formula is C13H15ClFN3. The Kier molecular flexibility index (Phi) is 3.57. The molecule has 0 saturated heterocycles. The summed E-state index contributed by atoms with van der Waals surface area (Å²) in [4.78, 5) is 4.40. The molecule has 0 fully saturated rings. The summed E-state index contributed by atoms with van der Waals surface area (Å²) in [6.07, 6.45) is 0.740. The van der Waals surface area contributed by atoms with Crippen LogP contribution in [-0.2, 0) is 13.0 Å². The normalized spacial score (nSPS) is 10.9. The van der Waals surface area contributed by atoms with E-state index in [9.17, 15) is 4.39 Å². The van der Waals surface area contributed by atoms with Gasteiger partial charge in [-0.1, -0.05) is 24.6 Å². The van der Waals surface area contributed by atoms with E-state index in [4.69, 9.17) is 17.3 Å². The van der Waals surface area contributed by atoms with Crippen molar-refractivity contribution < 1.29 is 4.39 Å². The first-order valence-corrected chi connectivity index (χ1v) is 6.27. The van der Waals surface area contributed by atoms with Crippen molar-refractivity contribution in [2.75, 3.05) is 5.73 Å². The van der Waals surface area contributed by atoms with E-state index in [0.717, 1.165) is 12.2 Å². The first-order chi connectivity index (χ1) is 8.60. The molecule has 0 radical (unpaired) electrons. The van der Waals surface area contributed by atoms with Crippen LogP contribution >= 0.6 is 11.6 Å². The van der Waals surface area contributed by atoms with E-state index in [0.29, 0.717) is 23.1 Å². The Bertz CT molecular complexity index is 558. The summed E-state index contributed by atoms with van der Waals surface area (Å²) >= 11 is 6.04. The number of aryl methyl sites for hydroxylation is 1. The molecule has 5 heteroatoms. The summed E-state index contributed by atoms with van der Waals surface area (Å²) in [5.74, 6) is 0.892. The van der Waals surface area contributed by atoms with E-state index >= 15 is 0 Å². The van der Waals surface area contributed by atoms with Crippen molar-refractivity contribution in [2.45, 2.75) is 26.8 Å². The van der Waals surface area contributed by atoms with Crippen molar-refractivity contribution >= 4 is 17.4 Å². The SMILES string of the molecule is CCc1nc(-c2c(F)cccc2Cl)c(N)n1CC. The Morgan fingerprint density at radius 1 is 1.39 bits per heavy atom. The summed E-state index contributed by atoms with van der Waals surface area (Å²) in [5, 5.41) is 0.324. The van der Waals surface area contributed by atoms with Crippen LogP contribution in [0.25, 0.3) is 11.3 Å². The predicted molar refractivity (Wildman–Crippen MR) is 72.1 cm³/mol. The molecule has 96 valence electrons. The van der Waals surface area contributed by atoms with Gasteiger partial charge < -0.3 is 10.3 Å². The van der Waals surface area contributed by atoms with Gasteiger partial charge in [-0.2, -0.15) is 0 Å². The Labute approximate surface area is 110 Å². The van der Waals surface area contributed by atoms with Crippen LogP contribution in [0.2, 0.25) is 5.02 Å². The first-order valence-electron chi connectivity index (χ1n) is 5.89. The molecule has 0 amide bonds. The van der Waals surface area contributed by atoms with E-state index in [-0.39, 0.29) is 5.56 Å². The molecule has 0 unspecified atom stereocenters. The van der Waals surface area contributed by atoms with E-state index < -0.39 is 5.82 Å². The zero-order valence-electron chi connectivity index (χ0n) is 10.4. The van der Waals surface area contributed by atoms with Crippen LogP contribution in [0.4, 0.5) is 10.2 Å². The third kappa shape index (κ3) is 1.97. The van der Waals surface area contributed by atoms with Crippen molar-refractivity contribution in [2.24, 2.45) is 0 Å². The third-order valence-corrected chi connectivity index (χ3v) is 3.23. The largest absolute Gasteiger partial charge is 0.383 e. The molecule has 18 heavy (non-hydrogen) atoms. The van der Waals surface area contributed by atoms with Crippen molar-refractivity contribution in [1.29, 1.82) is 0 Å². The maximum Gasteiger partial charge on any atom is 0.134 e. The molecule has 2 N–H and O–H groups in total. The van der Waals surface area contributed by atoms with Crippen LogP contribution in [0.3, 0.4) is 0 Å². The van der Waals surface area contributed by atoms with Gasteiger partial charge in [0.1, 0.15) is 23.2 Å². The summed E-state index contributed by atoms with van der Waals surface area (Å²) in [6, 6.07) is 4.56. The first kappa shape index (κ1) is 12.9. The molecular weight excluding hydrogens is 253 g/mol. The lowest BCUT2D eigenvalue weighted by Crippen LogP contribution is -2.04. The Hall–Kier alpha value is -1.55. The number of hydrogen-bond acceptors (Lipinski definition) is 2. The lowest BCUT2D eigenvalue weighted by Gasteiger charge is -2.06. The summed E-state index contributed by atoms with van der Waals surface area (Å²) in [6.45, 7) is 4.67. The zero-order chi connectivity index (χ0) is 13.3. The van der Waals surface area contributed by atoms with Crippen LogP contribution < -0.4 is 5.73 Å². The zero-order valence-corrected chi connectivity index (χ0v) is 11.1. The van der Waals surface area contributed by atoms with Gasteiger partial charge in [-0.3, -0.25) is 0 Å². The number of nitrogen functional groups attached to an aromatic ring is 1. The quantitative estimate of drug-likeness (QED) is 0.925. The van der Waals surface area contributed by atoms with Gasteiger partial charge in [0.2, 0.25) is 0 Å². The van der Waals surface area contributed by atoms with Gasteiger partial charge in [0.15, 0.2) is 0 Å². The van der Waals surface area contributed by atoms with Crippen LogP contribution in [0.5, 0.6) is 0 Å². The van der Waals surface area contributed by atoms with E-state index in [2.05, 4.69) is 4.98 Å². The third-order valence-electron chi connectivity index (χ3n) is 2.92. The minimum atomic E-state index is -0.405. The van der Waals surface area contributed by atoms with Crippen LogP contribution in [0, 0.1) is 5.82 Å². The number of hydrogen-bond donors (Lipinski definition) is 1. The molecule has 2 rings (SSSR count). The van der Waals surface area contributed by atoms with E-state index in [1.54, 1.807) is 12.1 Å². The van der Waals surface area contributed by atoms with Gasteiger partial charge in [0.25, 0.3) is 0 Å². The van der Waals surface area contributed by atoms with Crippen molar-refractivity contribution in [3.8, 4) is 11.3 Å². The molecule has 0 aliphatic heterocycles. The average Bonchev–Trinajstić information content (AvgIpc) is 2.66. The summed E-state index contributed by atoms with van der Waals surface area (Å²) in [7, 11) is 0. The fourth-order valence-corrected chi connectivity index (χ4v) is 2.30. The number of aromatic nitrogens is 2. The maximum atomic E-state index is 13.9. The van der Waals surface area contributed by atoms with Crippen LogP contribution in [-0.4, -0.2) is 9.55 Å². The number of benzene rings is 1. The molecule has 1 heterocycles. The second-order valence-corrected chi connectivity index (χ2v) is 4.36. The number of anilines is 1. The topological polar surface area (TPSA) is 43.8 Å². The molecule has 0 aliphatic carbocycles. The average molecular weight is 268 g/mol. The molecule has 2 aromatic rings. The predicted octanol–water partition coefficient (Wildman–Crippen LogP) is 3.51. The fourth-order valence-electron chi connectivity index (χ4n) is 2.04. The highest BCUT2D eigenvalue weighted by Gasteiger charge is 2.19. The Morgan fingerprint density at radius 3 is 2.61 bits per heavy atom. The highest BCUT2D eigenvalue weighted by molar-refractivity contribution is 6.33. The summed E-state index contributed by atoms with van der Waals surface area (Å²) in [5.41, 5.74) is 6.74. The number of nitrogens with two attached hydrogens (primary N) is 1. The van der Waals surface area contributed by atoms with Gasteiger partial charge in [-0.25, -0.2) is 9.37 Å². The molecule has 0 atom stereocenters. The standard InChI is InChI=1S/C13H15ClFN3/c1-3-10-17-12(13(16)18(10)4-2)11-8(14)6-5-7-9(11)15/h5-7H,3-4,16H2,1-2H3. The van der Waals surface area contributed by atoms with Crippen LogP contribution in [0.15, 0.2) is 18.2 Å². The van der Waals surface area contributed by atoms with Gasteiger partial charge in [0, 0.05) is 13.0 Å². The Morgan fingerprint density at radius 2 is 2.11 bits per heavy atom. The highest BCUT2D eigenvalue weighted by atomic mass is 35.5. The van der Waals surface area contributed by atoms with E-state index in [1.807, 2.05) is 18.4 Å². The highest BCUT2D eigenvalue weighted by Crippen LogP contribution is 2.34. The molecule has 1 aromatic carbocycles. The van der Waals surface area contributed by atoms with Crippen molar-refractivity contribution in [3.63, 3.8) is 0 Å². The molecule has 0 bridgehead atoms. The van der Waals surface area contributed by atoms with E-state index in [1.165, 1.54) is 6.07 Å². The second kappa shape index (κ2) is 4.98. The molecule has 3 nitrogen and oxygen atoms in total. The number of imidazole rings is 1.